The van der Waals surface area contributed by atoms with Crippen molar-refractivity contribution in [2.24, 2.45) is 11.8 Å². The van der Waals surface area contributed by atoms with Crippen LogP contribution in [0.15, 0.2) is 0 Å². The van der Waals surface area contributed by atoms with Crippen LogP contribution in [0.25, 0.3) is 0 Å². The quantitative estimate of drug-likeness (QED) is 0.676. The van der Waals surface area contributed by atoms with Gasteiger partial charge in [0.15, 0.2) is 0 Å². The number of hydrogen-bond acceptors (Lipinski definition) is 2. The van der Waals surface area contributed by atoms with E-state index in [2.05, 4.69) is 24.1 Å². The number of hydrogen-bond donors (Lipinski definition) is 1. The highest BCUT2D eigenvalue weighted by atomic mass is 15.2. The lowest BCUT2D eigenvalue weighted by Crippen LogP contribution is -2.50. The highest BCUT2D eigenvalue weighted by molar-refractivity contribution is 4.84. The van der Waals surface area contributed by atoms with Crippen molar-refractivity contribution in [2.45, 2.75) is 84.1 Å². The van der Waals surface area contributed by atoms with Crippen LogP contribution < -0.4 is 5.32 Å². The fourth-order valence-electron chi connectivity index (χ4n) is 4.26. The third kappa shape index (κ3) is 6.28. The van der Waals surface area contributed by atoms with E-state index in [-0.39, 0.29) is 0 Å². The molecule has 0 radical (unpaired) electrons. The molecular formula is C19H38N2. The third-order valence-corrected chi connectivity index (χ3v) is 5.58. The Morgan fingerprint density at radius 1 is 0.952 bits per heavy atom. The summed E-state index contributed by atoms with van der Waals surface area (Å²) in [6, 6.07) is 0.762. The largest absolute Gasteiger partial charge is 0.312 e. The Labute approximate surface area is 133 Å². The molecule has 2 rings (SSSR count). The van der Waals surface area contributed by atoms with Gasteiger partial charge in [-0.2, -0.15) is 0 Å². The predicted octanol–water partition coefficient (Wildman–Crippen LogP) is 4.45. The molecule has 21 heavy (non-hydrogen) atoms. The van der Waals surface area contributed by atoms with Crippen LogP contribution in [0.1, 0.15) is 78.1 Å². The van der Waals surface area contributed by atoms with Gasteiger partial charge in [0.05, 0.1) is 0 Å². The molecule has 0 aromatic carbocycles. The Hall–Kier alpha value is -0.0800. The number of nitrogens with zero attached hydrogens (tertiary/aromatic N) is 1. The Kier molecular flexibility index (Phi) is 8.10. The van der Waals surface area contributed by atoms with Gasteiger partial charge in [-0.05, 0) is 57.0 Å². The SMILES string of the molecule is CCCCC1CC(NCC2CCCC2)CN(CCCC)C1. The molecule has 124 valence electrons. The fraction of sp³-hybridized carbons (Fsp3) is 1.00. The Morgan fingerprint density at radius 2 is 1.71 bits per heavy atom. The molecule has 2 fully saturated rings. The molecule has 0 aromatic heterocycles. The number of piperidine rings is 1. The molecule has 1 saturated carbocycles. The Bertz CT molecular complexity index is 244. The van der Waals surface area contributed by atoms with Crippen LogP contribution in [-0.2, 0) is 0 Å². The fourth-order valence-corrected chi connectivity index (χ4v) is 4.26. The first-order valence-electron chi connectivity index (χ1n) is 9.77. The number of nitrogens with one attached hydrogen (secondary N) is 1. The van der Waals surface area contributed by atoms with E-state index < -0.39 is 0 Å². The predicted molar refractivity (Wildman–Crippen MR) is 92.7 cm³/mol. The minimum atomic E-state index is 0.762. The molecule has 2 heteroatoms. The minimum Gasteiger partial charge on any atom is -0.312 e. The van der Waals surface area contributed by atoms with E-state index in [1.54, 1.807) is 0 Å². The van der Waals surface area contributed by atoms with E-state index in [1.165, 1.54) is 90.4 Å². The summed E-state index contributed by atoms with van der Waals surface area (Å²) in [6.45, 7) is 9.91. The van der Waals surface area contributed by atoms with E-state index in [1.807, 2.05) is 0 Å². The molecule has 0 amide bonds. The van der Waals surface area contributed by atoms with E-state index in [0.29, 0.717) is 0 Å². The third-order valence-electron chi connectivity index (χ3n) is 5.58. The van der Waals surface area contributed by atoms with E-state index in [9.17, 15) is 0 Å². The van der Waals surface area contributed by atoms with Gasteiger partial charge in [0.2, 0.25) is 0 Å². The molecule has 1 N–H and O–H groups in total. The summed E-state index contributed by atoms with van der Waals surface area (Å²) >= 11 is 0. The number of rotatable bonds is 9. The Balaban J connectivity index is 1.76. The normalized spacial score (nSPS) is 28.3. The van der Waals surface area contributed by atoms with Gasteiger partial charge < -0.3 is 10.2 Å². The smallest absolute Gasteiger partial charge is 0.0198 e. The summed E-state index contributed by atoms with van der Waals surface area (Å²) < 4.78 is 0. The number of likely N-dealkylation sites (tertiary alicyclic amines) is 1. The highest BCUT2D eigenvalue weighted by Gasteiger charge is 2.27. The van der Waals surface area contributed by atoms with Crippen molar-refractivity contribution in [1.82, 2.24) is 10.2 Å². The second-order valence-corrected chi connectivity index (χ2v) is 7.61. The van der Waals surface area contributed by atoms with Crippen molar-refractivity contribution in [3.63, 3.8) is 0 Å². The standard InChI is InChI=1S/C19H38N2/c1-3-5-9-18-13-19(16-21(15-18)12-6-4-2)20-14-17-10-7-8-11-17/h17-20H,3-16H2,1-2H3. The summed E-state index contributed by atoms with van der Waals surface area (Å²) in [5.41, 5.74) is 0. The highest BCUT2D eigenvalue weighted by Crippen LogP contribution is 2.26. The van der Waals surface area contributed by atoms with Crippen molar-refractivity contribution in [2.75, 3.05) is 26.2 Å². The van der Waals surface area contributed by atoms with E-state index in [0.717, 1.165) is 17.9 Å². The molecule has 2 aliphatic rings. The first-order chi connectivity index (χ1) is 10.3. The van der Waals surface area contributed by atoms with Crippen molar-refractivity contribution in [1.29, 1.82) is 0 Å². The maximum Gasteiger partial charge on any atom is 0.0198 e. The molecule has 1 aliphatic heterocycles. The second kappa shape index (κ2) is 9.84. The molecule has 0 bridgehead atoms. The lowest BCUT2D eigenvalue weighted by molar-refractivity contribution is 0.131. The lowest BCUT2D eigenvalue weighted by Gasteiger charge is -2.39. The summed E-state index contributed by atoms with van der Waals surface area (Å²) in [4.78, 5) is 2.75. The molecule has 1 heterocycles. The van der Waals surface area contributed by atoms with Crippen molar-refractivity contribution < 1.29 is 0 Å². The summed E-state index contributed by atoms with van der Waals surface area (Å²) in [5.74, 6) is 1.92. The number of unbranched alkanes of at least 4 members (excludes halogenated alkanes) is 2. The van der Waals surface area contributed by atoms with Gasteiger partial charge >= 0.3 is 0 Å². The van der Waals surface area contributed by atoms with Gasteiger partial charge in [0, 0.05) is 19.1 Å². The lowest BCUT2D eigenvalue weighted by atomic mass is 9.89. The average molecular weight is 295 g/mol. The van der Waals surface area contributed by atoms with Crippen molar-refractivity contribution in [3.05, 3.63) is 0 Å². The summed E-state index contributed by atoms with van der Waals surface area (Å²) in [5, 5.41) is 3.93. The zero-order valence-electron chi connectivity index (χ0n) is 14.6. The van der Waals surface area contributed by atoms with Crippen LogP contribution in [-0.4, -0.2) is 37.1 Å². The molecular weight excluding hydrogens is 256 g/mol. The minimum absolute atomic E-state index is 0.762. The van der Waals surface area contributed by atoms with Crippen molar-refractivity contribution in [3.8, 4) is 0 Å². The summed E-state index contributed by atoms with van der Waals surface area (Å²) in [6.07, 6.45) is 14.2. The van der Waals surface area contributed by atoms with Gasteiger partial charge in [-0.25, -0.2) is 0 Å². The zero-order chi connectivity index (χ0) is 14.9. The van der Waals surface area contributed by atoms with Crippen LogP contribution in [0.4, 0.5) is 0 Å². The average Bonchev–Trinajstić information content (AvgIpc) is 3.02. The monoisotopic (exact) mass is 294 g/mol. The second-order valence-electron chi connectivity index (χ2n) is 7.61. The van der Waals surface area contributed by atoms with Crippen LogP contribution >= 0.6 is 0 Å². The maximum atomic E-state index is 3.93. The topological polar surface area (TPSA) is 15.3 Å². The van der Waals surface area contributed by atoms with Gasteiger partial charge in [-0.3, -0.25) is 0 Å². The van der Waals surface area contributed by atoms with Crippen LogP contribution in [0.3, 0.4) is 0 Å². The van der Waals surface area contributed by atoms with Crippen LogP contribution in [0, 0.1) is 11.8 Å². The van der Waals surface area contributed by atoms with Gasteiger partial charge in [-0.15, -0.1) is 0 Å². The zero-order valence-corrected chi connectivity index (χ0v) is 14.6. The summed E-state index contributed by atoms with van der Waals surface area (Å²) in [7, 11) is 0. The van der Waals surface area contributed by atoms with E-state index in [4.69, 9.17) is 0 Å². The van der Waals surface area contributed by atoms with Gasteiger partial charge in [0.25, 0.3) is 0 Å². The first-order valence-corrected chi connectivity index (χ1v) is 9.77. The molecule has 1 aliphatic carbocycles. The molecule has 0 aromatic rings. The van der Waals surface area contributed by atoms with Gasteiger partial charge in [0.1, 0.15) is 0 Å². The molecule has 2 unspecified atom stereocenters. The Morgan fingerprint density at radius 3 is 2.43 bits per heavy atom. The maximum absolute atomic E-state index is 3.93. The van der Waals surface area contributed by atoms with Crippen LogP contribution in [0.5, 0.6) is 0 Å². The van der Waals surface area contributed by atoms with Crippen LogP contribution in [0.2, 0.25) is 0 Å². The van der Waals surface area contributed by atoms with E-state index >= 15 is 0 Å². The first kappa shape index (κ1) is 17.3. The molecule has 2 nitrogen and oxygen atoms in total. The molecule has 0 spiro atoms. The van der Waals surface area contributed by atoms with Crippen molar-refractivity contribution >= 4 is 0 Å². The van der Waals surface area contributed by atoms with Gasteiger partial charge in [-0.1, -0.05) is 46.0 Å². The molecule has 2 atom stereocenters. The molecule has 1 saturated heterocycles.